The Morgan fingerprint density at radius 1 is 0.900 bits per heavy atom. The van der Waals surface area contributed by atoms with Gasteiger partial charge in [-0.3, -0.25) is 0 Å². The van der Waals surface area contributed by atoms with E-state index in [1.54, 1.807) is 0 Å². The molecule has 1 heteroatoms. The third kappa shape index (κ3) is 4.31. The van der Waals surface area contributed by atoms with Crippen molar-refractivity contribution in [2.75, 3.05) is 0 Å². The highest BCUT2D eigenvalue weighted by Crippen LogP contribution is 2.37. The summed E-state index contributed by atoms with van der Waals surface area (Å²) in [4.78, 5) is 0. The van der Waals surface area contributed by atoms with E-state index in [0.717, 1.165) is 12.3 Å². The molecule has 0 amide bonds. The van der Waals surface area contributed by atoms with Crippen LogP contribution in [0.3, 0.4) is 0 Å². The molecule has 1 aliphatic carbocycles. The Labute approximate surface area is 183 Å². The molecule has 0 atom stereocenters. The second-order valence-corrected chi connectivity index (χ2v) is 10.8. The summed E-state index contributed by atoms with van der Waals surface area (Å²) in [5.74, 6) is 0.734. The summed E-state index contributed by atoms with van der Waals surface area (Å²) in [6.07, 6.45) is 7.97. The van der Waals surface area contributed by atoms with Crippen LogP contribution in [-0.2, 0) is 13.5 Å². The summed E-state index contributed by atoms with van der Waals surface area (Å²) in [5.41, 5.74) is 8.72. The van der Waals surface area contributed by atoms with Crippen molar-refractivity contribution in [1.82, 2.24) is 0 Å². The van der Waals surface area contributed by atoms with E-state index in [1.807, 2.05) is 0 Å². The van der Waals surface area contributed by atoms with Gasteiger partial charge in [-0.05, 0) is 71.7 Å². The largest absolute Gasteiger partial charge is 0.220 e. The number of pyridine rings is 1. The third-order valence-corrected chi connectivity index (χ3v) is 6.93. The number of aryl methyl sites for hydroxylation is 2. The minimum absolute atomic E-state index is 0.302. The van der Waals surface area contributed by atoms with E-state index in [0.29, 0.717) is 5.41 Å². The van der Waals surface area contributed by atoms with Gasteiger partial charge in [0, 0.05) is 18.6 Å². The number of fused-ring (bicyclic) bond motifs is 1. The normalized spacial score (nSPS) is 15.7. The molecule has 1 aliphatic rings. The summed E-state index contributed by atoms with van der Waals surface area (Å²) in [7, 11) is 2.22. The average Bonchev–Trinajstić information content (AvgIpc) is 2.69. The fraction of sp³-hybridized carbons (Fsp3) is 0.483. The molecule has 0 N–H and O–H groups in total. The molecular formula is C29H38N+. The summed E-state index contributed by atoms with van der Waals surface area (Å²) in [6, 6.07) is 16.7. The van der Waals surface area contributed by atoms with Crippen LogP contribution in [0.2, 0.25) is 0 Å². The fourth-order valence-corrected chi connectivity index (χ4v) is 5.26. The van der Waals surface area contributed by atoms with E-state index in [-0.39, 0.29) is 0 Å². The van der Waals surface area contributed by atoms with Crippen LogP contribution < -0.4 is 4.57 Å². The first-order chi connectivity index (χ1) is 14.2. The topological polar surface area (TPSA) is 3.88 Å². The van der Waals surface area contributed by atoms with Crippen LogP contribution in [0.1, 0.15) is 81.2 Å². The predicted molar refractivity (Wildman–Crippen MR) is 129 cm³/mol. The van der Waals surface area contributed by atoms with Gasteiger partial charge in [0.05, 0.1) is 5.39 Å². The number of hydrogen-bond acceptors (Lipinski definition) is 0. The Morgan fingerprint density at radius 3 is 2.33 bits per heavy atom. The standard InChI is InChI=1S/C29H38N/c1-20-12-14-24(23-10-8-7-9-11-23)18-27(20)28-26-15-13-22(19-29(3,4)5)17-25(26)16-21(2)30(28)6/h12-18,23H,7-11,19H2,1-6H3/q+1. The van der Waals surface area contributed by atoms with Gasteiger partial charge >= 0.3 is 0 Å². The molecular weight excluding hydrogens is 362 g/mol. The van der Waals surface area contributed by atoms with Gasteiger partial charge in [-0.25, -0.2) is 0 Å². The molecule has 1 fully saturated rings. The van der Waals surface area contributed by atoms with E-state index < -0.39 is 0 Å². The SMILES string of the molecule is Cc1ccc(C2CCCCC2)cc1-c1c2ccc(CC(C)(C)C)cc2cc(C)[n+]1C. The zero-order chi connectivity index (χ0) is 21.5. The van der Waals surface area contributed by atoms with E-state index >= 15 is 0 Å². The average molecular weight is 401 g/mol. The maximum absolute atomic E-state index is 2.50. The maximum Gasteiger partial charge on any atom is 0.220 e. The first kappa shape index (κ1) is 21.1. The van der Waals surface area contributed by atoms with Gasteiger partial charge in [-0.2, -0.15) is 4.57 Å². The summed E-state index contributed by atoms with van der Waals surface area (Å²) >= 11 is 0. The molecule has 0 radical (unpaired) electrons. The van der Waals surface area contributed by atoms with E-state index in [2.05, 4.69) is 88.7 Å². The van der Waals surface area contributed by atoms with Crippen molar-refractivity contribution in [2.24, 2.45) is 12.5 Å². The highest BCUT2D eigenvalue weighted by atomic mass is 14.9. The Balaban J connectivity index is 1.86. The molecule has 30 heavy (non-hydrogen) atoms. The zero-order valence-corrected chi connectivity index (χ0v) is 19.8. The van der Waals surface area contributed by atoms with Gasteiger partial charge in [0.15, 0.2) is 5.69 Å². The van der Waals surface area contributed by atoms with Crippen molar-refractivity contribution >= 4 is 10.8 Å². The summed E-state index contributed by atoms with van der Waals surface area (Å²) in [5, 5.41) is 2.73. The summed E-state index contributed by atoms with van der Waals surface area (Å²) < 4.78 is 2.39. The van der Waals surface area contributed by atoms with Crippen molar-refractivity contribution in [1.29, 1.82) is 0 Å². The van der Waals surface area contributed by atoms with Crippen molar-refractivity contribution in [2.45, 2.75) is 79.1 Å². The monoisotopic (exact) mass is 400 g/mol. The second-order valence-electron chi connectivity index (χ2n) is 10.8. The van der Waals surface area contributed by atoms with Crippen molar-refractivity contribution in [3.63, 3.8) is 0 Å². The lowest BCUT2D eigenvalue weighted by Crippen LogP contribution is -2.35. The van der Waals surface area contributed by atoms with Crippen molar-refractivity contribution in [3.8, 4) is 11.3 Å². The Hall–Kier alpha value is -2.15. The molecule has 158 valence electrons. The van der Waals surface area contributed by atoms with Gasteiger partial charge in [0.25, 0.3) is 0 Å². The van der Waals surface area contributed by atoms with Gasteiger partial charge in [0.1, 0.15) is 7.05 Å². The van der Waals surface area contributed by atoms with Gasteiger partial charge in [-0.15, -0.1) is 0 Å². The molecule has 0 unspecified atom stereocenters. The van der Waals surface area contributed by atoms with E-state index in [9.17, 15) is 0 Å². The van der Waals surface area contributed by atoms with Crippen LogP contribution in [0.5, 0.6) is 0 Å². The number of nitrogens with zero attached hydrogens (tertiary/aromatic N) is 1. The lowest BCUT2D eigenvalue weighted by atomic mass is 9.82. The zero-order valence-electron chi connectivity index (χ0n) is 19.8. The molecule has 0 aliphatic heterocycles. The van der Waals surface area contributed by atoms with Crippen LogP contribution in [0.15, 0.2) is 42.5 Å². The first-order valence-electron chi connectivity index (χ1n) is 11.8. The molecule has 3 aromatic rings. The Bertz CT molecular complexity index is 1060. The first-order valence-corrected chi connectivity index (χ1v) is 11.8. The minimum Gasteiger partial charge on any atom is -0.198 e. The minimum atomic E-state index is 0.302. The molecule has 1 aromatic heterocycles. The highest BCUT2D eigenvalue weighted by Gasteiger charge is 2.23. The lowest BCUT2D eigenvalue weighted by Gasteiger charge is -2.23. The molecule has 1 nitrogen and oxygen atoms in total. The Kier molecular flexibility index (Phi) is 5.75. The number of hydrogen-bond donors (Lipinski definition) is 0. The van der Waals surface area contributed by atoms with Gasteiger partial charge in [0.2, 0.25) is 5.69 Å². The van der Waals surface area contributed by atoms with Crippen LogP contribution >= 0.6 is 0 Å². The van der Waals surface area contributed by atoms with Crippen LogP contribution in [-0.4, -0.2) is 0 Å². The quantitative estimate of drug-likeness (QED) is 0.399. The third-order valence-electron chi connectivity index (χ3n) is 6.93. The van der Waals surface area contributed by atoms with Crippen LogP contribution in [0, 0.1) is 19.3 Å². The smallest absolute Gasteiger partial charge is 0.198 e. The summed E-state index contributed by atoms with van der Waals surface area (Å²) in [6.45, 7) is 11.5. The predicted octanol–water partition coefficient (Wildman–Crippen LogP) is 7.58. The fourth-order valence-electron chi connectivity index (χ4n) is 5.26. The number of aromatic nitrogens is 1. The molecule has 0 spiro atoms. The number of rotatable bonds is 3. The van der Waals surface area contributed by atoms with Gasteiger partial charge < -0.3 is 0 Å². The maximum atomic E-state index is 2.50. The van der Waals surface area contributed by atoms with Crippen molar-refractivity contribution < 1.29 is 4.57 Å². The molecule has 4 rings (SSSR count). The van der Waals surface area contributed by atoms with Crippen molar-refractivity contribution in [3.05, 3.63) is 64.8 Å². The second kappa shape index (κ2) is 8.17. The molecule has 1 saturated carbocycles. The number of benzene rings is 2. The highest BCUT2D eigenvalue weighted by molar-refractivity contribution is 5.94. The van der Waals surface area contributed by atoms with E-state index in [4.69, 9.17) is 0 Å². The molecule has 0 saturated heterocycles. The van der Waals surface area contributed by atoms with Crippen LogP contribution in [0.25, 0.3) is 22.0 Å². The molecule has 0 bridgehead atoms. The lowest BCUT2D eigenvalue weighted by molar-refractivity contribution is -0.665. The van der Waals surface area contributed by atoms with Gasteiger partial charge in [-0.1, -0.05) is 64.3 Å². The molecule has 2 aromatic carbocycles. The Morgan fingerprint density at radius 2 is 1.63 bits per heavy atom. The molecule has 1 heterocycles. The van der Waals surface area contributed by atoms with E-state index in [1.165, 1.54) is 76.5 Å². The van der Waals surface area contributed by atoms with Crippen LogP contribution in [0.4, 0.5) is 0 Å².